The highest BCUT2D eigenvalue weighted by Crippen LogP contribution is 2.31. The Balaban J connectivity index is 1.99. The van der Waals surface area contributed by atoms with Crippen LogP contribution in [0.2, 0.25) is 0 Å². The average Bonchev–Trinajstić information content (AvgIpc) is 2.85. The van der Waals surface area contributed by atoms with Gasteiger partial charge < -0.3 is 9.64 Å². The molecule has 1 aliphatic heterocycles. The Morgan fingerprint density at radius 3 is 2.84 bits per heavy atom. The van der Waals surface area contributed by atoms with Crippen LogP contribution >= 0.6 is 11.3 Å². The van der Waals surface area contributed by atoms with Crippen molar-refractivity contribution in [1.82, 2.24) is 0 Å². The van der Waals surface area contributed by atoms with Crippen molar-refractivity contribution in [1.29, 1.82) is 0 Å². The first kappa shape index (κ1) is 12.2. The SMILES string of the molecule is COc1ccc2c(c1)CCN(c1ccsc1C)C2=O. The molecule has 0 bridgehead atoms. The Kier molecular flexibility index (Phi) is 3.03. The first-order valence-corrected chi connectivity index (χ1v) is 7.11. The van der Waals surface area contributed by atoms with E-state index in [0.29, 0.717) is 0 Å². The molecule has 1 aromatic heterocycles. The van der Waals surface area contributed by atoms with Crippen LogP contribution in [0, 0.1) is 6.92 Å². The normalized spacial score (nSPS) is 14.4. The van der Waals surface area contributed by atoms with E-state index in [1.165, 1.54) is 4.88 Å². The second-order valence-electron chi connectivity index (χ2n) is 4.59. The highest BCUT2D eigenvalue weighted by atomic mass is 32.1. The van der Waals surface area contributed by atoms with Crippen LogP contribution < -0.4 is 9.64 Å². The Hall–Kier alpha value is -1.81. The van der Waals surface area contributed by atoms with Gasteiger partial charge in [-0.3, -0.25) is 4.79 Å². The third-order valence-electron chi connectivity index (χ3n) is 3.51. The van der Waals surface area contributed by atoms with Crippen molar-refractivity contribution < 1.29 is 9.53 Å². The number of anilines is 1. The summed E-state index contributed by atoms with van der Waals surface area (Å²) in [4.78, 5) is 15.6. The monoisotopic (exact) mass is 273 g/mol. The molecule has 0 spiro atoms. The lowest BCUT2D eigenvalue weighted by Gasteiger charge is -2.28. The number of carbonyl (C=O) groups is 1. The number of aryl methyl sites for hydroxylation is 1. The molecule has 0 saturated heterocycles. The molecule has 0 saturated carbocycles. The zero-order valence-electron chi connectivity index (χ0n) is 11.0. The maximum atomic E-state index is 12.6. The number of hydrogen-bond acceptors (Lipinski definition) is 3. The zero-order chi connectivity index (χ0) is 13.4. The van der Waals surface area contributed by atoms with E-state index < -0.39 is 0 Å². The van der Waals surface area contributed by atoms with Crippen LogP contribution in [0.4, 0.5) is 5.69 Å². The minimum Gasteiger partial charge on any atom is -0.497 e. The first-order chi connectivity index (χ1) is 9.20. The van der Waals surface area contributed by atoms with E-state index >= 15 is 0 Å². The molecular formula is C15H15NO2S. The predicted octanol–water partition coefficient (Wildman–Crippen LogP) is 3.27. The molecule has 1 aromatic carbocycles. The molecule has 4 heteroatoms. The lowest BCUT2D eigenvalue weighted by Crippen LogP contribution is -2.37. The van der Waals surface area contributed by atoms with Gasteiger partial charge in [-0.15, -0.1) is 11.3 Å². The van der Waals surface area contributed by atoms with E-state index in [-0.39, 0.29) is 5.91 Å². The molecule has 0 radical (unpaired) electrons. The Bertz CT molecular complexity index is 633. The first-order valence-electron chi connectivity index (χ1n) is 6.23. The summed E-state index contributed by atoms with van der Waals surface area (Å²) in [5, 5.41) is 2.03. The Labute approximate surface area is 116 Å². The standard InChI is InChI=1S/C15H15NO2S/c1-10-14(6-8-19-10)16-7-5-11-9-12(18-2)3-4-13(11)15(16)17/h3-4,6,8-9H,5,7H2,1-2H3. The van der Waals surface area contributed by atoms with Gasteiger partial charge in [-0.2, -0.15) is 0 Å². The Morgan fingerprint density at radius 2 is 2.16 bits per heavy atom. The van der Waals surface area contributed by atoms with Crippen LogP contribution in [0.1, 0.15) is 20.8 Å². The number of fused-ring (bicyclic) bond motifs is 1. The van der Waals surface area contributed by atoms with Gasteiger partial charge in [0, 0.05) is 17.0 Å². The van der Waals surface area contributed by atoms with Crippen molar-refractivity contribution in [2.75, 3.05) is 18.6 Å². The van der Waals surface area contributed by atoms with Crippen molar-refractivity contribution in [2.24, 2.45) is 0 Å². The number of methoxy groups -OCH3 is 1. The highest BCUT2D eigenvalue weighted by Gasteiger charge is 2.26. The topological polar surface area (TPSA) is 29.5 Å². The van der Waals surface area contributed by atoms with Gasteiger partial charge in [-0.1, -0.05) is 0 Å². The molecule has 2 heterocycles. The summed E-state index contributed by atoms with van der Waals surface area (Å²) in [5.74, 6) is 0.900. The lowest BCUT2D eigenvalue weighted by molar-refractivity contribution is 0.0980. The molecule has 0 unspecified atom stereocenters. The van der Waals surface area contributed by atoms with Crippen LogP contribution in [0.15, 0.2) is 29.6 Å². The molecule has 19 heavy (non-hydrogen) atoms. The molecule has 3 nitrogen and oxygen atoms in total. The van der Waals surface area contributed by atoms with Gasteiger partial charge in [0.15, 0.2) is 0 Å². The third kappa shape index (κ3) is 2.02. The summed E-state index contributed by atoms with van der Waals surface area (Å²) in [6, 6.07) is 7.70. The molecule has 2 aromatic rings. The second kappa shape index (κ2) is 4.70. The fourth-order valence-corrected chi connectivity index (χ4v) is 3.18. The quantitative estimate of drug-likeness (QED) is 0.840. The predicted molar refractivity (Wildman–Crippen MR) is 77.4 cm³/mol. The van der Waals surface area contributed by atoms with Gasteiger partial charge in [0.25, 0.3) is 5.91 Å². The largest absolute Gasteiger partial charge is 0.497 e. The van der Waals surface area contributed by atoms with E-state index in [1.807, 2.05) is 34.5 Å². The van der Waals surface area contributed by atoms with Crippen molar-refractivity contribution in [2.45, 2.75) is 13.3 Å². The summed E-state index contributed by atoms with van der Waals surface area (Å²) in [5.41, 5.74) is 2.91. The highest BCUT2D eigenvalue weighted by molar-refractivity contribution is 7.10. The van der Waals surface area contributed by atoms with Gasteiger partial charge in [0.2, 0.25) is 0 Å². The van der Waals surface area contributed by atoms with E-state index in [2.05, 4.69) is 6.92 Å². The molecule has 0 N–H and O–H groups in total. The number of amides is 1. The zero-order valence-corrected chi connectivity index (χ0v) is 11.8. The summed E-state index contributed by atoms with van der Waals surface area (Å²) in [6.45, 7) is 2.79. The van der Waals surface area contributed by atoms with Gasteiger partial charge in [0.1, 0.15) is 5.75 Å². The molecule has 98 valence electrons. The number of benzene rings is 1. The summed E-state index contributed by atoms with van der Waals surface area (Å²) < 4.78 is 5.21. The molecule has 0 fully saturated rings. The van der Waals surface area contributed by atoms with E-state index in [9.17, 15) is 4.79 Å². The van der Waals surface area contributed by atoms with Crippen molar-refractivity contribution >= 4 is 22.9 Å². The minimum atomic E-state index is 0.0883. The van der Waals surface area contributed by atoms with E-state index in [4.69, 9.17) is 4.74 Å². The molecular weight excluding hydrogens is 258 g/mol. The van der Waals surface area contributed by atoms with Crippen molar-refractivity contribution in [3.63, 3.8) is 0 Å². The maximum absolute atomic E-state index is 12.6. The van der Waals surface area contributed by atoms with Gasteiger partial charge in [-0.05, 0) is 48.6 Å². The smallest absolute Gasteiger partial charge is 0.258 e. The number of thiophene rings is 1. The molecule has 0 atom stereocenters. The number of hydrogen-bond donors (Lipinski definition) is 0. The van der Waals surface area contributed by atoms with Crippen LogP contribution in [0.3, 0.4) is 0 Å². The fourth-order valence-electron chi connectivity index (χ4n) is 2.48. The van der Waals surface area contributed by atoms with Crippen LogP contribution in [0.5, 0.6) is 5.75 Å². The molecule has 1 aliphatic rings. The van der Waals surface area contributed by atoms with Gasteiger partial charge in [-0.25, -0.2) is 0 Å². The molecule has 0 aliphatic carbocycles. The van der Waals surface area contributed by atoms with Crippen molar-refractivity contribution in [3.05, 3.63) is 45.6 Å². The third-order valence-corrected chi connectivity index (χ3v) is 4.35. The number of ether oxygens (including phenoxy) is 1. The molecule has 3 rings (SSSR count). The van der Waals surface area contributed by atoms with Crippen LogP contribution in [-0.2, 0) is 6.42 Å². The second-order valence-corrected chi connectivity index (χ2v) is 5.71. The molecule has 1 amide bonds. The average molecular weight is 273 g/mol. The maximum Gasteiger partial charge on any atom is 0.258 e. The number of rotatable bonds is 2. The summed E-state index contributed by atoms with van der Waals surface area (Å²) in [6.07, 6.45) is 0.869. The van der Waals surface area contributed by atoms with Crippen molar-refractivity contribution in [3.8, 4) is 5.75 Å². The lowest BCUT2D eigenvalue weighted by atomic mass is 9.98. The minimum absolute atomic E-state index is 0.0883. The fraction of sp³-hybridized carbons (Fsp3) is 0.267. The summed E-state index contributed by atoms with van der Waals surface area (Å²) in [7, 11) is 1.65. The summed E-state index contributed by atoms with van der Waals surface area (Å²) >= 11 is 1.67. The van der Waals surface area contributed by atoms with Gasteiger partial charge >= 0.3 is 0 Å². The Morgan fingerprint density at radius 1 is 1.32 bits per heavy atom. The van der Waals surface area contributed by atoms with Crippen LogP contribution in [-0.4, -0.2) is 19.6 Å². The van der Waals surface area contributed by atoms with E-state index in [0.717, 1.165) is 35.5 Å². The van der Waals surface area contributed by atoms with Gasteiger partial charge in [0.05, 0.1) is 12.8 Å². The number of carbonyl (C=O) groups excluding carboxylic acids is 1. The van der Waals surface area contributed by atoms with E-state index in [1.54, 1.807) is 18.4 Å². The van der Waals surface area contributed by atoms with Crippen LogP contribution in [0.25, 0.3) is 0 Å². The number of nitrogens with zero attached hydrogens (tertiary/aromatic N) is 1.